The molecule has 2 rings (SSSR count). The van der Waals surface area contributed by atoms with Gasteiger partial charge in [-0.2, -0.15) is 0 Å². The van der Waals surface area contributed by atoms with Gasteiger partial charge in [0.15, 0.2) is 0 Å². The van der Waals surface area contributed by atoms with Crippen LogP contribution in [0.3, 0.4) is 0 Å². The molecule has 1 fully saturated rings. The van der Waals surface area contributed by atoms with E-state index in [9.17, 15) is 9.59 Å². The molecule has 1 aliphatic heterocycles. The molecule has 0 aromatic heterocycles. The number of carbonyl (C=O) groups excluding carboxylic acids is 2. The summed E-state index contributed by atoms with van der Waals surface area (Å²) in [5.74, 6) is -1.03. The maximum atomic E-state index is 11.5. The lowest BCUT2D eigenvalue weighted by Gasteiger charge is -2.07. The SMILES string of the molecule is O=C(O[C@@H]1CCOC1=O)c1ccc(O)cc1. The monoisotopic (exact) mass is 222 g/mol. The second kappa shape index (κ2) is 4.22. The number of carbonyl (C=O) groups is 2. The van der Waals surface area contributed by atoms with Crippen LogP contribution in [0.25, 0.3) is 0 Å². The van der Waals surface area contributed by atoms with Crippen LogP contribution in [0, 0.1) is 0 Å². The summed E-state index contributed by atoms with van der Waals surface area (Å²) in [5, 5.41) is 9.04. The zero-order valence-electron chi connectivity index (χ0n) is 8.38. The molecule has 1 aromatic rings. The average Bonchev–Trinajstić information content (AvgIpc) is 2.65. The minimum Gasteiger partial charge on any atom is -0.508 e. The van der Waals surface area contributed by atoms with Gasteiger partial charge in [-0.3, -0.25) is 0 Å². The summed E-state index contributed by atoms with van der Waals surface area (Å²) >= 11 is 0. The fraction of sp³-hybridized carbons (Fsp3) is 0.273. The Morgan fingerprint density at radius 3 is 2.62 bits per heavy atom. The number of benzene rings is 1. The van der Waals surface area contributed by atoms with Gasteiger partial charge in [-0.05, 0) is 24.3 Å². The standard InChI is InChI=1S/C11H10O5/c12-8-3-1-7(2-4-8)10(13)16-9-5-6-15-11(9)14/h1-4,9,12H,5-6H2/t9-/m1/s1. The summed E-state index contributed by atoms with van der Waals surface area (Å²) in [4.78, 5) is 22.6. The van der Waals surface area contributed by atoms with Gasteiger partial charge in [-0.1, -0.05) is 0 Å². The van der Waals surface area contributed by atoms with E-state index >= 15 is 0 Å². The summed E-state index contributed by atoms with van der Waals surface area (Å²) < 4.78 is 9.62. The number of esters is 2. The molecule has 0 radical (unpaired) electrons. The van der Waals surface area contributed by atoms with Crippen LogP contribution in [0.1, 0.15) is 16.8 Å². The van der Waals surface area contributed by atoms with Crippen molar-refractivity contribution < 1.29 is 24.2 Å². The van der Waals surface area contributed by atoms with Crippen molar-refractivity contribution in [1.82, 2.24) is 0 Å². The van der Waals surface area contributed by atoms with Crippen molar-refractivity contribution in [2.75, 3.05) is 6.61 Å². The van der Waals surface area contributed by atoms with Crippen LogP contribution in [0.4, 0.5) is 0 Å². The third-order valence-corrected chi connectivity index (χ3v) is 2.24. The molecule has 0 aliphatic carbocycles. The topological polar surface area (TPSA) is 72.8 Å². The van der Waals surface area contributed by atoms with E-state index in [0.717, 1.165) is 0 Å². The lowest BCUT2D eigenvalue weighted by molar-refractivity contribution is -0.145. The molecule has 1 atom stereocenters. The third-order valence-electron chi connectivity index (χ3n) is 2.24. The first kappa shape index (κ1) is 10.5. The van der Waals surface area contributed by atoms with E-state index in [2.05, 4.69) is 4.74 Å². The quantitative estimate of drug-likeness (QED) is 0.751. The van der Waals surface area contributed by atoms with Crippen LogP contribution >= 0.6 is 0 Å². The van der Waals surface area contributed by atoms with Crippen molar-refractivity contribution in [1.29, 1.82) is 0 Å². The number of rotatable bonds is 2. The highest BCUT2D eigenvalue weighted by Gasteiger charge is 2.30. The van der Waals surface area contributed by atoms with Crippen LogP contribution < -0.4 is 0 Å². The summed E-state index contributed by atoms with van der Waals surface area (Å²) in [6, 6.07) is 5.61. The van der Waals surface area contributed by atoms with Crippen LogP contribution in [0.15, 0.2) is 24.3 Å². The molecule has 1 N–H and O–H groups in total. The Kier molecular flexibility index (Phi) is 2.76. The minimum absolute atomic E-state index is 0.0665. The van der Waals surface area contributed by atoms with Crippen molar-refractivity contribution in [3.05, 3.63) is 29.8 Å². The highest BCUT2D eigenvalue weighted by molar-refractivity contribution is 5.91. The Bertz CT molecular complexity index is 409. The maximum absolute atomic E-state index is 11.5. The van der Waals surface area contributed by atoms with Gasteiger partial charge in [0.05, 0.1) is 12.2 Å². The first-order valence-electron chi connectivity index (χ1n) is 4.83. The molecule has 1 aliphatic rings. The molecule has 0 amide bonds. The fourth-order valence-electron chi connectivity index (χ4n) is 1.38. The number of hydrogen-bond donors (Lipinski definition) is 1. The molecule has 1 aromatic carbocycles. The summed E-state index contributed by atoms with van der Waals surface area (Å²) in [6.45, 7) is 0.284. The number of ether oxygens (including phenoxy) is 2. The third kappa shape index (κ3) is 2.13. The van der Waals surface area contributed by atoms with E-state index in [1.165, 1.54) is 24.3 Å². The van der Waals surface area contributed by atoms with Gasteiger partial charge >= 0.3 is 11.9 Å². The second-order valence-corrected chi connectivity index (χ2v) is 3.40. The van der Waals surface area contributed by atoms with E-state index in [1.54, 1.807) is 0 Å². The average molecular weight is 222 g/mol. The molecule has 1 heterocycles. The van der Waals surface area contributed by atoms with Crippen LogP contribution in [-0.4, -0.2) is 29.8 Å². The Balaban J connectivity index is 2.02. The maximum Gasteiger partial charge on any atom is 0.347 e. The molecule has 16 heavy (non-hydrogen) atoms. The molecule has 5 heteroatoms. The van der Waals surface area contributed by atoms with Crippen LogP contribution in [0.5, 0.6) is 5.75 Å². The first-order valence-corrected chi connectivity index (χ1v) is 4.83. The molecule has 0 unspecified atom stereocenters. The fourth-order valence-corrected chi connectivity index (χ4v) is 1.38. The molecule has 1 saturated heterocycles. The Morgan fingerprint density at radius 2 is 2.06 bits per heavy atom. The molecular formula is C11H10O5. The first-order chi connectivity index (χ1) is 7.66. The lowest BCUT2D eigenvalue weighted by Crippen LogP contribution is -2.22. The van der Waals surface area contributed by atoms with Crippen molar-refractivity contribution in [2.24, 2.45) is 0 Å². The highest BCUT2D eigenvalue weighted by atomic mass is 16.6. The van der Waals surface area contributed by atoms with Gasteiger partial charge in [0.25, 0.3) is 0 Å². The summed E-state index contributed by atoms with van der Waals surface area (Å²) in [5.41, 5.74) is 0.289. The van der Waals surface area contributed by atoms with Gasteiger partial charge < -0.3 is 14.6 Å². The minimum atomic E-state index is -0.804. The van der Waals surface area contributed by atoms with E-state index < -0.39 is 18.0 Å². The summed E-state index contributed by atoms with van der Waals surface area (Å²) in [6.07, 6.45) is -0.413. The summed E-state index contributed by atoms with van der Waals surface area (Å²) in [7, 11) is 0. The van der Waals surface area contributed by atoms with Gasteiger partial charge in [-0.25, -0.2) is 9.59 Å². The van der Waals surface area contributed by atoms with E-state index in [4.69, 9.17) is 9.84 Å². The van der Waals surface area contributed by atoms with Gasteiger partial charge in [0, 0.05) is 6.42 Å². The van der Waals surface area contributed by atoms with Crippen molar-refractivity contribution >= 4 is 11.9 Å². The molecule has 0 bridgehead atoms. The van der Waals surface area contributed by atoms with Crippen LogP contribution in [-0.2, 0) is 14.3 Å². The van der Waals surface area contributed by atoms with Gasteiger partial charge in [0.1, 0.15) is 5.75 Å². The predicted molar refractivity (Wildman–Crippen MR) is 52.9 cm³/mol. The normalized spacial score (nSPS) is 19.2. The van der Waals surface area contributed by atoms with Gasteiger partial charge in [0.2, 0.25) is 6.10 Å². The number of hydrogen-bond acceptors (Lipinski definition) is 5. The van der Waals surface area contributed by atoms with Crippen molar-refractivity contribution in [3.63, 3.8) is 0 Å². The molecule has 84 valence electrons. The van der Waals surface area contributed by atoms with Crippen molar-refractivity contribution in [2.45, 2.75) is 12.5 Å². The van der Waals surface area contributed by atoms with E-state index in [0.29, 0.717) is 6.42 Å². The van der Waals surface area contributed by atoms with Gasteiger partial charge in [-0.15, -0.1) is 0 Å². The zero-order chi connectivity index (χ0) is 11.5. The molecule has 0 saturated carbocycles. The largest absolute Gasteiger partial charge is 0.508 e. The number of phenols is 1. The Labute approximate surface area is 91.6 Å². The van der Waals surface area contributed by atoms with E-state index in [1.807, 2.05) is 0 Å². The van der Waals surface area contributed by atoms with Crippen LogP contribution in [0.2, 0.25) is 0 Å². The van der Waals surface area contributed by atoms with Crippen molar-refractivity contribution in [3.8, 4) is 5.75 Å². The number of aromatic hydroxyl groups is 1. The van der Waals surface area contributed by atoms with E-state index in [-0.39, 0.29) is 17.9 Å². The highest BCUT2D eigenvalue weighted by Crippen LogP contribution is 2.15. The molecular weight excluding hydrogens is 212 g/mol. The lowest BCUT2D eigenvalue weighted by atomic mass is 10.2. The molecule has 5 nitrogen and oxygen atoms in total. The predicted octanol–water partition coefficient (Wildman–Crippen LogP) is 0.864. The smallest absolute Gasteiger partial charge is 0.347 e. The zero-order valence-corrected chi connectivity index (χ0v) is 8.38. The Morgan fingerprint density at radius 1 is 1.38 bits per heavy atom. The Hall–Kier alpha value is -2.04. The molecule has 0 spiro atoms. The number of phenolic OH excluding ortho intramolecular Hbond substituents is 1. The second-order valence-electron chi connectivity index (χ2n) is 3.40. The number of cyclic esters (lactones) is 1.